The van der Waals surface area contributed by atoms with Crippen LogP contribution in [0.15, 0.2) is 47.2 Å². The molecule has 2 aromatic rings. The maximum atomic E-state index is 9.45. The van der Waals surface area contributed by atoms with Crippen molar-refractivity contribution in [3.8, 4) is 6.07 Å². The van der Waals surface area contributed by atoms with Gasteiger partial charge in [-0.25, -0.2) is 0 Å². The topological polar surface area (TPSA) is 48.7 Å². The Kier molecular flexibility index (Phi) is 4.08. The van der Waals surface area contributed by atoms with Gasteiger partial charge in [-0.15, -0.1) is 0 Å². The zero-order chi connectivity index (χ0) is 13.9. The summed E-state index contributed by atoms with van der Waals surface area (Å²) in [5.41, 5.74) is 0.773. The number of halogens is 2. The summed E-state index contributed by atoms with van der Waals surface area (Å²) in [6, 6.07) is 11.4. The molecule has 0 aliphatic rings. The van der Waals surface area contributed by atoms with Gasteiger partial charge in [0, 0.05) is 28.1 Å². The molecule has 0 saturated carbocycles. The van der Waals surface area contributed by atoms with Gasteiger partial charge >= 0.3 is 0 Å². The zero-order valence-electron chi connectivity index (χ0n) is 10.2. The molecule has 0 aliphatic carbocycles. The Bertz CT molecular complexity index is 624. The molecule has 2 rings (SSSR count). The van der Waals surface area contributed by atoms with Gasteiger partial charge in [0.05, 0.1) is 11.1 Å². The minimum Gasteiger partial charge on any atom is -0.364 e. The number of anilines is 1. The predicted molar refractivity (Wildman–Crippen MR) is 80.0 cm³/mol. The third-order valence-corrected chi connectivity index (χ3v) is 3.99. The summed E-state index contributed by atoms with van der Waals surface area (Å²) in [5.74, 6) is 0. The lowest BCUT2D eigenvalue weighted by molar-refractivity contribution is 0.702. The molecular weight excluding hydrogens is 326 g/mol. The van der Waals surface area contributed by atoms with Gasteiger partial charge in [-0.2, -0.15) is 5.26 Å². The van der Waals surface area contributed by atoms with E-state index in [1.165, 1.54) is 0 Å². The maximum absolute atomic E-state index is 9.45. The smallest absolute Gasteiger partial charge is 0.149 e. The molecule has 0 saturated heterocycles. The number of nitrogens with one attached hydrogen (secondary N) is 1. The highest BCUT2D eigenvalue weighted by Crippen LogP contribution is 2.30. The molecule has 1 atom stereocenters. The first kappa shape index (κ1) is 13.9. The molecule has 19 heavy (non-hydrogen) atoms. The van der Waals surface area contributed by atoms with E-state index in [1.54, 1.807) is 18.5 Å². The Balaban J connectivity index is 2.34. The molecule has 0 radical (unpaired) electrons. The monoisotopic (exact) mass is 335 g/mol. The molecule has 96 valence electrons. The van der Waals surface area contributed by atoms with Crippen molar-refractivity contribution in [2.24, 2.45) is 0 Å². The first-order chi connectivity index (χ1) is 9.05. The molecule has 1 N–H and O–H groups in total. The van der Waals surface area contributed by atoms with E-state index in [1.807, 2.05) is 31.2 Å². The van der Waals surface area contributed by atoms with Crippen molar-refractivity contribution in [3.05, 3.63) is 57.8 Å². The van der Waals surface area contributed by atoms with Gasteiger partial charge in [-0.3, -0.25) is 4.98 Å². The van der Waals surface area contributed by atoms with Crippen LogP contribution in [-0.2, 0) is 5.54 Å². The average molecular weight is 337 g/mol. The van der Waals surface area contributed by atoms with Crippen molar-refractivity contribution < 1.29 is 0 Å². The van der Waals surface area contributed by atoms with Crippen LogP contribution in [0.4, 0.5) is 5.69 Å². The first-order valence-electron chi connectivity index (χ1n) is 5.60. The molecule has 0 spiro atoms. The van der Waals surface area contributed by atoms with E-state index >= 15 is 0 Å². The highest BCUT2D eigenvalue weighted by molar-refractivity contribution is 9.10. The maximum Gasteiger partial charge on any atom is 0.149 e. The summed E-state index contributed by atoms with van der Waals surface area (Å²) in [7, 11) is 0. The summed E-state index contributed by atoms with van der Waals surface area (Å²) < 4.78 is 0.783. The lowest BCUT2D eigenvalue weighted by Crippen LogP contribution is -2.30. The van der Waals surface area contributed by atoms with Crippen LogP contribution in [0.3, 0.4) is 0 Å². The second-order valence-electron chi connectivity index (χ2n) is 4.23. The van der Waals surface area contributed by atoms with E-state index in [-0.39, 0.29) is 0 Å². The van der Waals surface area contributed by atoms with E-state index in [0.717, 1.165) is 15.7 Å². The summed E-state index contributed by atoms with van der Waals surface area (Å²) in [6.45, 7) is 1.81. The normalized spacial score (nSPS) is 13.4. The minimum atomic E-state index is -0.846. The van der Waals surface area contributed by atoms with Crippen molar-refractivity contribution in [2.45, 2.75) is 12.5 Å². The van der Waals surface area contributed by atoms with Crippen LogP contribution < -0.4 is 5.32 Å². The van der Waals surface area contributed by atoms with Crippen molar-refractivity contribution in [1.82, 2.24) is 4.98 Å². The molecule has 0 fully saturated rings. The number of rotatable bonds is 3. The Labute approximate surface area is 125 Å². The van der Waals surface area contributed by atoms with Crippen LogP contribution in [-0.4, -0.2) is 4.98 Å². The van der Waals surface area contributed by atoms with Gasteiger partial charge in [-0.05, 0) is 47.1 Å². The molecule has 5 heteroatoms. The van der Waals surface area contributed by atoms with E-state index in [0.29, 0.717) is 5.02 Å². The van der Waals surface area contributed by atoms with Crippen LogP contribution >= 0.6 is 27.5 Å². The second kappa shape index (κ2) is 5.60. The SMILES string of the molecule is CC(C#N)(Nc1ccc(Cl)c(Br)c1)c1cccnc1. The van der Waals surface area contributed by atoms with Gasteiger partial charge in [-0.1, -0.05) is 17.7 Å². The number of nitriles is 1. The summed E-state index contributed by atoms with van der Waals surface area (Å²) in [5, 5.41) is 13.3. The molecule has 1 aromatic heterocycles. The molecule has 0 amide bonds. The van der Waals surface area contributed by atoms with Crippen molar-refractivity contribution in [3.63, 3.8) is 0 Å². The number of hydrogen-bond donors (Lipinski definition) is 1. The lowest BCUT2D eigenvalue weighted by atomic mass is 9.95. The number of aromatic nitrogens is 1. The first-order valence-corrected chi connectivity index (χ1v) is 6.77. The van der Waals surface area contributed by atoms with Crippen LogP contribution in [0.5, 0.6) is 0 Å². The summed E-state index contributed by atoms with van der Waals surface area (Å²) >= 11 is 9.32. The highest BCUT2D eigenvalue weighted by atomic mass is 79.9. The second-order valence-corrected chi connectivity index (χ2v) is 5.49. The van der Waals surface area contributed by atoms with Crippen LogP contribution in [0, 0.1) is 11.3 Å². The standard InChI is InChI=1S/C14H11BrClN3/c1-14(9-17,10-3-2-6-18-8-10)19-11-4-5-13(16)12(15)7-11/h2-8,19H,1H3. The fourth-order valence-electron chi connectivity index (χ4n) is 1.69. The van der Waals surface area contributed by atoms with E-state index < -0.39 is 5.54 Å². The lowest BCUT2D eigenvalue weighted by Gasteiger charge is -2.24. The third kappa shape index (κ3) is 3.06. The third-order valence-electron chi connectivity index (χ3n) is 2.78. The van der Waals surface area contributed by atoms with E-state index in [2.05, 4.69) is 32.3 Å². The van der Waals surface area contributed by atoms with Crippen LogP contribution in [0.2, 0.25) is 5.02 Å². The Hall–Kier alpha value is -1.57. The number of nitrogens with zero attached hydrogens (tertiary/aromatic N) is 2. The minimum absolute atomic E-state index is 0.630. The molecule has 0 bridgehead atoms. The van der Waals surface area contributed by atoms with Gasteiger partial charge in [0.1, 0.15) is 5.54 Å². The predicted octanol–water partition coefficient (Wildman–Crippen LogP) is 4.35. The average Bonchev–Trinajstić information content (AvgIpc) is 2.44. The largest absolute Gasteiger partial charge is 0.364 e. The number of benzene rings is 1. The summed E-state index contributed by atoms with van der Waals surface area (Å²) in [6.07, 6.45) is 3.36. The highest BCUT2D eigenvalue weighted by Gasteiger charge is 2.26. The summed E-state index contributed by atoms with van der Waals surface area (Å²) in [4.78, 5) is 4.05. The molecule has 1 unspecified atom stereocenters. The van der Waals surface area contributed by atoms with Crippen LogP contribution in [0.1, 0.15) is 12.5 Å². The fourth-order valence-corrected chi connectivity index (χ4v) is 2.18. The van der Waals surface area contributed by atoms with Gasteiger partial charge in [0.25, 0.3) is 0 Å². The number of hydrogen-bond acceptors (Lipinski definition) is 3. The quantitative estimate of drug-likeness (QED) is 0.906. The van der Waals surface area contributed by atoms with Gasteiger partial charge in [0.15, 0.2) is 0 Å². The van der Waals surface area contributed by atoms with Crippen molar-refractivity contribution >= 4 is 33.2 Å². The molecule has 1 aromatic carbocycles. The number of pyridine rings is 1. The molecule has 1 heterocycles. The van der Waals surface area contributed by atoms with Gasteiger partial charge < -0.3 is 5.32 Å². The van der Waals surface area contributed by atoms with Gasteiger partial charge in [0.2, 0.25) is 0 Å². The Morgan fingerprint density at radius 1 is 1.42 bits per heavy atom. The molecular formula is C14H11BrClN3. The Morgan fingerprint density at radius 3 is 2.79 bits per heavy atom. The van der Waals surface area contributed by atoms with E-state index in [4.69, 9.17) is 11.6 Å². The van der Waals surface area contributed by atoms with Crippen LogP contribution in [0.25, 0.3) is 0 Å². The Morgan fingerprint density at radius 2 is 2.21 bits per heavy atom. The van der Waals surface area contributed by atoms with E-state index in [9.17, 15) is 5.26 Å². The zero-order valence-corrected chi connectivity index (χ0v) is 12.5. The molecule has 0 aliphatic heterocycles. The molecule has 3 nitrogen and oxygen atoms in total. The van der Waals surface area contributed by atoms with Crippen molar-refractivity contribution in [2.75, 3.05) is 5.32 Å². The fraction of sp³-hybridized carbons (Fsp3) is 0.143. The van der Waals surface area contributed by atoms with Crippen molar-refractivity contribution in [1.29, 1.82) is 5.26 Å².